The lowest BCUT2D eigenvalue weighted by atomic mass is 9.90. The van der Waals surface area contributed by atoms with E-state index in [9.17, 15) is 24.0 Å². The van der Waals surface area contributed by atoms with Crippen molar-refractivity contribution in [3.05, 3.63) is 48.0 Å². The summed E-state index contributed by atoms with van der Waals surface area (Å²) < 4.78 is 5.46. The van der Waals surface area contributed by atoms with Crippen LogP contribution in [0.4, 0.5) is 0 Å². The van der Waals surface area contributed by atoms with Gasteiger partial charge in [-0.05, 0) is 50.0 Å². The average molecular weight is 592 g/mol. The van der Waals surface area contributed by atoms with E-state index < -0.39 is 29.6 Å². The van der Waals surface area contributed by atoms with Gasteiger partial charge in [0.05, 0.1) is 18.0 Å². The Morgan fingerprint density at radius 1 is 1.05 bits per heavy atom. The minimum Gasteiger partial charge on any atom is -0.461 e. The molecule has 9 nitrogen and oxygen atoms in total. The van der Waals surface area contributed by atoms with Crippen LogP contribution in [0.5, 0.6) is 0 Å². The van der Waals surface area contributed by atoms with Gasteiger partial charge in [0.1, 0.15) is 12.1 Å². The van der Waals surface area contributed by atoms with Crippen molar-refractivity contribution in [3.63, 3.8) is 0 Å². The third kappa shape index (κ3) is 7.02. The van der Waals surface area contributed by atoms with Gasteiger partial charge in [0.15, 0.2) is 5.78 Å². The molecule has 0 radical (unpaired) electrons. The molecule has 1 N–H and O–H groups in total. The second-order valence-corrected chi connectivity index (χ2v) is 12.9. The highest BCUT2D eigenvalue weighted by Gasteiger charge is 2.62. The first-order chi connectivity index (χ1) is 20.7. The number of fused-ring (bicyclic) bond motifs is 2. The minimum absolute atomic E-state index is 0.00527. The van der Waals surface area contributed by atoms with E-state index in [4.69, 9.17) is 4.74 Å². The highest BCUT2D eigenvalue weighted by Crippen LogP contribution is 2.58. The van der Waals surface area contributed by atoms with Gasteiger partial charge in [-0.3, -0.25) is 24.0 Å². The zero-order valence-corrected chi connectivity index (χ0v) is 25.5. The summed E-state index contributed by atoms with van der Waals surface area (Å²) in [5, 5.41) is 3.00. The van der Waals surface area contributed by atoms with Crippen LogP contribution in [0.25, 0.3) is 0 Å². The Hall–Kier alpha value is -3.49. The average Bonchev–Trinajstić information content (AvgIpc) is 3.30. The van der Waals surface area contributed by atoms with Crippen molar-refractivity contribution >= 4 is 29.5 Å². The fourth-order valence-electron chi connectivity index (χ4n) is 7.23. The Kier molecular flexibility index (Phi) is 9.67. The van der Waals surface area contributed by atoms with E-state index in [0.29, 0.717) is 25.9 Å². The van der Waals surface area contributed by atoms with Gasteiger partial charge in [-0.1, -0.05) is 62.2 Å². The summed E-state index contributed by atoms with van der Waals surface area (Å²) in [5.74, 6) is -1.34. The van der Waals surface area contributed by atoms with Crippen LogP contribution in [0, 0.1) is 17.3 Å². The third-order valence-corrected chi connectivity index (χ3v) is 9.72. The number of hydrogen-bond donors (Lipinski definition) is 1. The molecule has 0 bridgehead atoms. The topological polar surface area (TPSA) is 113 Å². The van der Waals surface area contributed by atoms with Gasteiger partial charge < -0.3 is 19.9 Å². The predicted octanol–water partition coefficient (Wildman–Crippen LogP) is 3.95. The van der Waals surface area contributed by atoms with Crippen LogP contribution in [0.1, 0.15) is 83.6 Å². The Labute approximate surface area is 254 Å². The Morgan fingerprint density at radius 3 is 2.60 bits per heavy atom. The SMILES string of the molecule is CC(=O)O[C@@H]1C[C@H]2C(=O)C[C@]3(C(=O)N4CCC[C@@H]4C(=O)NCc4ccccc4)C[C@H]3/C=C\CCCCC[C@H](C)C(=O)N2C1. The van der Waals surface area contributed by atoms with Gasteiger partial charge in [-0.2, -0.15) is 0 Å². The van der Waals surface area contributed by atoms with Crippen molar-refractivity contribution in [2.45, 2.75) is 103 Å². The number of ketones is 1. The second-order valence-electron chi connectivity index (χ2n) is 12.9. The van der Waals surface area contributed by atoms with Crippen LogP contribution >= 0.6 is 0 Å². The maximum atomic E-state index is 14.3. The number of nitrogens with one attached hydrogen (secondary N) is 1. The van der Waals surface area contributed by atoms with E-state index in [-0.39, 0.29) is 54.7 Å². The second kappa shape index (κ2) is 13.4. The number of likely N-dealkylation sites (tertiary alicyclic amines) is 1. The van der Waals surface area contributed by atoms with Crippen molar-refractivity contribution in [2.24, 2.45) is 17.3 Å². The van der Waals surface area contributed by atoms with Crippen molar-refractivity contribution < 1.29 is 28.7 Å². The van der Waals surface area contributed by atoms with Gasteiger partial charge in [0.25, 0.3) is 0 Å². The molecule has 3 heterocycles. The van der Waals surface area contributed by atoms with Crippen molar-refractivity contribution in [2.75, 3.05) is 13.1 Å². The number of hydrogen-bond acceptors (Lipinski definition) is 6. The molecule has 2 saturated heterocycles. The standard InChI is InChI=1S/C34H45N3O6/c1-23-12-7-4-3-5-10-15-26-19-34(26,20-30(39)29-18-27(43-24(2)38)22-37(29)32(23)41)33(42)36-17-11-16-28(36)31(40)35-21-25-13-8-6-9-14-25/h6,8-10,13-15,23,26-29H,3-5,7,11-12,16-22H2,1-2H3,(H,35,40)/b15-10-/t23-,26+,27+,28+,29-,34+/m0/s1. The molecule has 1 aliphatic carbocycles. The zero-order chi connectivity index (χ0) is 30.6. The number of carbonyl (C=O) groups is 5. The summed E-state index contributed by atoms with van der Waals surface area (Å²) in [7, 11) is 0. The first-order valence-corrected chi connectivity index (χ1v) is 16.0. The lowest BCUT2D eigenvalue weighted by Gasteiger charge is -2.31. The molecule has 1 aromatic carbocycles. The van der Waals surface area contributed by atoms with Crippen molar-refractivity contribution in [1.82, 2.24) is 15.1 Å². The normalized spacial score (nSPS) is 32.2. The van der Waals surface area contributed by atoms with Crippen LogP contribution < -0.4 is 5.32 Å². The van der Waals surface area contributed by atoms with E-state index in [2.05, 4.69) is 17.5 Å². The molecule has 3 fully saturated rings. The summed E-state index contributed by atoms with van der Waals surface area (Å²) in [6.45, 7) is 4.30. The molecule has 1 saturated carbocycles. The molecule has 9 heteroatoms. The highest BCUT2D eigenvalue weighted by molar-refractivity contribution is 5.98. The van der Waals surface area contributed by atoms with Crippen molar-refractivity contribution in [1.29, 1.82) is 0 Å². The van der Waals surface area contributed by atoms with Gasteiger partial charge in [-0.15, -0.1) is 0 Å². The summed E-state index contributed by atoms with van der Waals surface area (Å²) in [4.78, 5) is 70.2. The fourth-order valence-corrected chi connectivity index (χ4v) is 7.23. The molecule has 232 valence electrons. The summed E-state index contributed by atoms with van der Waals surface area (Å²) in [5.41, 5.74) is 0.0674. The summed E-state index contributed by atoms with van der Waals surface area (Å²) in [6.07, 6.45) is 10.4. The molecule has 4 aliphatic rings. The number of nitrogens with zero attached hydrogens (tertiary/aromatic N) is 2. The van der Waals surface area contributed by atoms with E-state index in [0.717, 1.165) is 44.1 Å². The quantitative estimate of drug-likeness (QED) is 0.410. The lowest BCUT2D eigenvalue weighted by Crippen LogP contribution is -2.50. The number of benzene rings is 1. The smallest absolute Gasteiger partial charge is 0.302 e. The Morgan fingerprint density at radius 2 is 1.84 bits per heavy atom. The molecule has 43 heavy (non-hydrogen) atoms. The van der Waals surface area contributed by atoms with Gasteiger partial charge in [-0.25, -0.2) is 0 Å². The Balaban J connectivity index is 1.36. The van der Waals surface area contributed by atoms with Crippen LogP contribution in [-0.4, -0.2) is 70.6 Å². The molecule has 1 aromatic rings. The molecular weight excluding hydrogens is 546 g/mol. The van der Waals surface area contributed by atoms with Crippen LogP contribution in [0.2, 0.25) is 0 Å². The number of allylic oxidation sites excluding steroid dienone is 2. The highest BCUT2D eigenvalue weighted by atomic mass is 16.5. The number of rotatable bonds is 5. The predicted molar refractivity (Wildman–Crippen MR) is 160 cm³/mol. The van der Waals surface area contributed by atoms with E-state index >= 15 is 0 Å². The molecule has 5 rings (SSSR count). The monoisotopic (exact) mass is 591 g/mol. The van der Waals surface area contributed by atoms with Crippen LogP contribution in [0.15, 0.2) is 42.5 Å². The van der Waals surface area contributed by atoms with Crippen LogP contribution in [-0.2, 0) is 35.3 Å². The van der Waals surface area contributed by atoms with Gasteiger partial charge in [0.2, 0.25) is 17.7 Å². The lowest BCUT2D eigenvalue weighted by molar-refractivity contribution is -0.147. The summed E-state index contributed by atoms with van der Waals surface area (Å²) in [6, 6.07) is 8.37. The molecular formula is C34H45N3O6. The van der Waals surface area contributed by atoms with Gasteiger partial charge >= 0.3 is 5.97 Å². The number of ether oxygens (including phenoxy) is 1. The molecule has 3 amide bonds. The largest absolute Gasteiger partial charge is 0.461 e. The molecule has 0 aromatic heterocycles. The Bertz CT molecular complexity index is 1250. The maximum absolute atomic E-state index is 14.3. The third-order valence-electron chi connectivity index (χ3n) is 9.72. The molecule has 3 aliphatic heterocycles. The van der Waals surface area contributed by atoms with E-state index in [1.165, 1.54) is 6.92 Å². The minimum atomic E-state index is -0.921. The fraction of sp³-hybridized carbons (Fsp3) is 0.618. The number of esters is 1. The zero-order valence-electron chi connectivity index (χ0n) is 25.5. The first kappa shape index (κ1) is 31.0. The van der Waals surface area contributed by atoms with Crippen molar-refractivity contribution in [3.8, 4) is 0 Å². The summed E-state index contributed by atoms with van der Waals surface area (Å²) >= 11 is 0. The molecule has 0 spiro atoms. The number of carbonyl (C=O) groups excluding carboxylic acids is 5. The van der Waals surface area contributed by atoms with E-state index in [1.807, 2.05) is 37.3 Å². The molecule has 0 unspecified atom stereocenters. The number of Topliss-reactive ketones (excluding diaryl/α,β-unsaturated/α-hetero) is 1. The van der Waals surface area contributed by atoms with Gasteiger partial charge in [0, 0.05) is 38.8 Å². The van der Waals surface area contributed by atoms with E-state index in [1.54, 1.807) is 9.80 Å². The number of amides is 3. The molecule has 6 atom stereocenters. The maximum Gasteiger partial charge on any atom is 0.302 e. The first-order valence-electron chi connectivity index (χ1n) is 16.0. The van der Waals surface area contributed by atoms with Crippen LogP contribution in [0.3, 0.4) is 0 Å².